The number of carbonyl (C=O) groups is 2. The van der Waals surface area contributed by atoms with Crippen LogP contribution in [0, 0.1) is 0 Å². The normalized spacial score (nSPS) is 11.8. The van der Waals surface area contributed by atoms with E-state index in [1.165, 1.54) is 6.92 Å². The first-order chi connectivity index (χ1) is 7.09. The molecular weight excluding hydrogens is 204 g/mol. The molecule has 0 bridgehead atoms. The number of urea groups is 1. The highest BCUT2D eigenvalue weighted by molar-refractivity contribution is 5.81. The molecule has 0 aliphatic carbocycles. The predicted octanol–water partition coefficient (Wildman–Crippen LogP) is -1.53. The summed E-state index contributed by atoms with van der Waals surface area (Å²) in [6.45, 7) is 1.44. The van der Waals surface area contributed by atoms with E-state index >= 15 is 0 Å². The van der Waals surface area contributed by atoms with Crippen LogP contribution in [0.15, 0.2) is 0 Å². The topological polar surface area (TPSA) is 133 Å². The molecule has 2 amide bonds. The van der Waals surface area contributed by atoms with Gasteiger partial charge in [-0.1, -0.05) is 5.21 Å². The highest BCUT2D eigenvalue weighted by Crippen LogP contribution is 1.84. The summed E-state index contributed by atoms with van der Waals surface area (Å²) in [6, 6.07) is -1.55. The van der Waals surface area contributed by atoms with Gasteiger partial charge in [0, 0.05) is 0 Å². The molecule has 9 nitrogen and oxygen atoms in total. The Balaban J connectivity index is 2.28. The van der Waals surface area contributed by atoms with Crippen molar-refractivity contribution in [3.63, 3.8) is 0 Å². The summed E-state index contributed by atoms with van der Waals surface area (Å²) < 4.78 is 0. The number of carboxylic acid groups (broad SMARTS) is 1. The summed E-state index contributed by atoms with van der Waals surface area (Å²) in [6.07, 6.45) is 0. The number of amides is 2. The Hall–Kier alpha value is -2.19. The Morgan fingerprint density at radius 3 is 2.87 bits per heavy atom. The second-order valence-corrected chi connectivity index (χ2v) is 2.71. The molecule has 0 saturated carbocycles. The molecule has 1 aromatic heterocycles. The Morgan fingerprint density at radius 1 is 1.60 bits per heavy atom. The first kappa shape index (κ1) is 10.9. The fourth-order valence-corrected chi connectivity index (χ4v) is 0.726. The molecule has 0 aliphatic heterocycles. The zero-order chi connectivity index (χ0) is 11.3. The van der Waals surface area contributed by atoms with E-state index < -0.39 is 18.0 Å². The number of tetrazole rings is 1. The first-order valence-electron chi connectivity index (χ1n) is 4.09. The maximum atomic E-state index is 11.1. The SMILES string of the molecule is C[C@H](NC(=O)NCc1nn[nH]n1)C(=O)O. The molecule has 0 unspecified atom stereocenters. The standard InChI is InChI=1S/C6H10N6O3/c1-3(5(13)14)8-6(15)7-2-4-9-11-12-10-4/h3H,2H2,1H3,(H,13,14)(H2,7,8,15)(H,9,10,11,12)/t3-/m0/s1. The molecule has 1 atom stereocenters. The number of aliphatic carboxylic acids is 1. The van der Waals surface area contributed by atoms with Gasteiger partial charge >= 0.3 is 12.0 Å². The molecule has 0 fully saturated rings. The minimum atomic E-state index is -1.11. The van der Waals surface area contributed by atoms with E-state index in [9.17, 15) is 9.59 Å². The van der Waals surface area contributed by atoms with Gasteiger partial charge in [-0.15, -0.1) is 10.2 Å². The molecule has 82 valence electrons. The highest BCUT2D eigenvalue weighted by Gasteiger charge is 2.13. The second-order valence-electron chi connectivity index (χ2n) is 2.71. The van der Waals surface area contributed by atoms with E-state index in [0.29, 0.717) is 5.82 Å². The number of aromatic nitrogens is 4. The smallest absolute Gasteiger partial charge is 0.325 e. The van der Waals surface area contributed by atoms with Crippen molar-refractivity contribution in [2.75, 3.05) is 0 Å². The molecule has 1 rings (SSSR count). The third kappa shape index (κ3) is 3.58. The first-order valence-corrected chi connectivity index (χ1v) is 4.09. The number of H-pyrrole nitrogens is 1. The van der Waals surface area contributed by atoms with Gasteiger partial charge in [0.25, 0.3) is 0 Å². The van der Waals surface area contributed by atoms with Crippen molar-refractivity contribution in [1.82, 2.24) is 31.3 Å². The van der Waals surface area contributed by atoms with E-state index in [4.69, 9.17) is 5.11 Å². The number of hydrogen-bond acceptors (Lipinski definition) is 5. The van der Waals surface area contributed by atoms with Crippen molar-refractivity contribution in [1.29, 1.82) is 0 Å². The van der Waals surface area contributed by atoms with Gasteiger partial charge in [-0.2, -0.15) is 5.21 Å². The molecule has 1 aromatic rings. The molecule has 0 saturated heterocycles. The van der Waals surface area contributed by atoms with Gasteiger partial charge in [0.2, 0.25) is 0 Å². The van der Waals surface area contributed by atoms with Crippen LogP contribution in [0.5, 0.6) is 0 Å². The lowest BCUT2D eigenvalue weighted by Gasteiger charge is -2.09. The van der Waals surface area contributed by atoms with Gasteiger partial charge in [-0.05, 0) is 6.92 Å². The maximum absolute atomic E-state index is 11.1. The number of carboxylic acids is 1. The molecule has 0 aliphatic rings. The van der Waals surface area contributed by atoms with Crippen molar-refractivity contribution >= 4 is 12.0 Å². The fourth-order valence-electron chi connectivity index (χ4n) is 0.726. The van der Waals surface area contributed by atoms with Crippen molar-refractivity contribution in [3.8, 4) is 0 Å². The molecule has 4 N–H and O–H groups in total. The Labute approximate surface area is 84.2 Å². The Kier molecular flexibility index (Phi) is 3.55. The van der Waals surface area contributed by atoms with Gasteiger partial charge < -0.3 is 15.7 Å². The average Bonchev–Trinajstić information content (AvgIpc) is 2.66. The van der Waals surface area contributed by atoms with E-state index in [1.54, 1.807) is 0 Å². The molecule has 1 heterocycles. The van der Waals surface area contributed by atoms with Gasteiger partial charge in [0.15, 0.2) is 5.82 Å². The lowest BCUT2D eigenvalue weighted by atomic mass is 10.3. The van der Waals surface area contributed by atoms with Crippen molar-refractivity contribution in [3.05, 3.63) is 5.82 Å². The maximum Gasteiger partial charge on any atom is 0.325 e. The quantitative estimate of drug-likeness (QED) is 0.480. The largest absolute Gasteiger partial charge is 0.480 e. The molecule has 9 heteroatoms. The lowest BCUT2D eigenvalue weighted by molar-refractivity contribution is -0.138. The molecular formula is C6H10N6O3. The monoisotopic (exact) mass is 214 g/mol. The molecule has 0 radical (unpaired) electrons. The number of rotatable bonds is 4. The van der Waals surface area contributed by atoms with Crippen LogP contribution in [0.3, 0.4) is 0 Å². The van der Waals surface area contributed by atoms with Gasteiger partial charge in [0.1, 0.15) is 6.04 Å². The van der Waals surface area contributed by atoms with Crippen molar-refractivity contribution in [2.45, 2.75) is 19.5 Å². The number of aromatic amines is 1. The summed E-state index contributed by atoms with van der Waals surface area (Å²) in [5, 5.41) is 25.8. The zero-order valence-corrected chi connectivity index (χ0v) is 7.89. The number of nitrogens with zero attached hydrogens (tertiary/aromatic N) is 3. The summed E-state index contributed by atoms with van der Waals surface area (Å²) in [7, 11) is 0. The fraction of sp³-hybridized carbons (Fsp3) is 0.500. The van der Waals surface area contributed by atoms with Crippen molar-refractivity contribution < 1.29 is 14.7 Å². The second kappa shape index (κ2) is 4.88. The minimum absolute atomic E-state index is 0.0780. The van der Waals surface area contributed by atoms with Crippen LogP contribution in [0.4, 0.5) is 4.79 Å². The lowest BCUT2D eigenvalue weighted by Crippen LogP contribution is -2.44. The van der Waals surface area contributed by atoms with Crippen LogP contribution >= 0.6 is 0 Å². The van der Waals surface area contributed by atoms with Gasteiger partial charge in [-0.25, -0.2) is 4.79 Å². The third-order valence-electron chi connectivity index (χ3n) is 1.51. The van der Waals surface area contributed by atoms with Crippen LogP contribution in [-0.2, 0) is 11.3 Å². The highest BCUT2D eigenvalue weighted by atomic mass is 16.4. The van der Waals surface area contributed by atoms with Gasteiger partial charge in [0.05, 0.1) is 6.54 Å². The van der Waals surface area contributed by atoms with Crippen LogP contribution in [0.25, 0.3) is 0 Å². The van der Waals surface area contributed by atoms with E-state index in [-0.39, 0.29) is 6.54 Å². The summed E-state index contributed by atoms with van der Waals surface area (Å²) in [5.74, 6) is -0.794. The number of carbonyl (C=O) groups excluding carboxylic acids is 1. The van der Waals surface area contributed by atoms with E-state index in [0.717, 1.165) is 0 Å². The summed E-state index contributed by atoms with van der Waals surface area (Å²) >= 11 is 0. The predicted molar refractivity (Wildman–Crippen MR) is 46.6 cm³/mol. The average molecular weight is 214 g/mol. The van der Waals surface area contributed by atoms with E-state index in [2.05, 4.69) is 31.3 Å². The van der Waals surface area contributed by atoms with Crippen LogP contribution in [0.1, 0.15) is 12.7 Å². The zero-order valence-electron chi connectivity index (χ0n) is 7.89. The number of nitrogens with one attached hydrogen (secondary N) is 3. The molecule has 15 heavy (non-hydrogen) atoms. The van der Waals surface area contributed by atoms with Crippen LogP contribution in [0.2, 0.25) is 0 Å². The van der Waals surface area contributed by atoms with Crippen molar-refractivity contribution in [2.24, 2.45) is 0 Å². The number of hydrogen-bond donors (Lipinski definition) is 4. The van der Waals surface area contributed by atoms with Crippen LogP contribution in [-0.4, -0.2) is 43.8 Å². The van der Waals surface area contributed by atoms with E-state index in [1.807, 2.05) is 0 Å². The summed E-state index contributed by atoms with van der Waals surface area (Å²) in [5.41, 5.74) is 0. The van der Waals surface area contributed by atoms with Gasteiger partial charge in [-0.3, -0.25) is 4.79 Å². The Morgan fingerprint density at radius 2 is 2.33 bits per heavy atom. The third-order valence-corrected chi connectivity index (χ3v) is 1.51. The molecule has 0 aromatic carbocycles. The Bertz CT molecular complexity index is 337. The van der Waals surface area contributed by atoms with Crippen LogP contribution < -0.4 is 10.6 Å². The summed E-state index contributed by atoms with van der Waals surface area (Å²) in [4.78, 5) is 21.5. The minimum Gasteiger partial charge on any atom is -0.480 e. The molecule has 0 spiro atoms.